The number of nitrogens with zero attached hydrogens (tertiary/aromatic N) is 2. The lowest BCUT2D eigenvalue weighted by molar-refractivity contribution is -0.132. The molecule has 0 spiro atoms. The zero-order valence-electron chi connectivity index (χ0n) is 24.3. The number of ether oxygens (including phenoxy) is 4. The fourth-order valence-electron chi connectivity index (χ4n) is 5.18. The van der Waals surface area contributed by atoms with E-state index in [-0.39, 0.29) is 34.1 Å². The van der Waals surface area contributed by atoms with Crippen LogP contribution in [0.4, 0.5) is 5.13 Å². The van der Waals surface area contributed by atoms with Gasteiger partial charge in [0, 0.05) is 12.0 Å². The predicted molar refractivity (Wildman–Crippen MR) is 161 cm³/mol. The average molecular weight is 605 g/mol. The molecule has 1 fully saturated rings. The fourth-order valence-corrected chi connectivity index (χ4v) is 6.17. The SMILES string of the molecule is C=CCOC(=O)c1sc(N2C(=O)C(=O)/C(=C(/O)c3ccc4c(c3)C[C@H](C)O4)[C@@H]2c2ccc(OCC)c(OCC)c2)nc1C. The minimum atomic E-state index is -1.08. The molecular formula is C32H32N2O8S. The Morgan fingerprint density at radius 3 is 2.63 bits per heavy atom. The number of ketones is 1. The van der Waals surface area contributed by atoms with E-state index in [0.29, 0.717) is 53.7 Å². The number of thiazole rings is 1. The van der Waals surface area contributed by atoms with Gasteiger partial charge in [0.05, 0.1) is 30.5 Å². The molecule has 1 N–H and O–H groups in total. The highest BCUT2D eigenvalue weighted by Gasteiger charge is 2.49. The molecule has 1 saturated heterocycles. The van der Waals surface area contributed by atoms with Gasteiger partial charge in [-0.2, -0.15) is 0 Å². The Balaban J connectivity index is 1.68. The number of hydrogen-bond donors (Lipinski definition) is 1. The van der Waals surface area contributed by atoms with Gasteiger partial charge in [-0.1, -0.05) is 30.1 Å². The van der Waals surface area contributed by atoms with Gasteiger partial charge in [-0.25, -0.2) is 9.78 Å². The third-order valence-corrected chi connectivity index (χ3v) is 8.14. The van der Waals surface area contributed by atoms with E-state index < -0.39 is 23.7 Å². The highest BCUT2D eigenvalue weighted by molar-refractivity contribution is 7.17. The molecule has 2 aliphatic rings. The van der Waals surface area contributed by atoms with Gasteiger partial charge in [0.15, 0.2) is 16.6 Å². The summed E-state index contributed by atoms with van der Waals surface area (Å²) in [6, 6.07) is 9.18. The summed E-state index contributed by atoms with van der Waals surface area (Å²) in [6.45, 7) is 11.6. The molecule has 1 aromatic heterocycles. The van der Waals surface area contributed by atoms with Gasteiger partial charge < -0.3 is 24.1 Å². The molecule has 0 unspecified atom stereocenters. The van der Waals surface area contributed by atoms with Gasteiger partial charge >= 0.3 is 11.9 Å². The smallest absolute Gasteiger partial charge is 0.350 e. The minimum absolute atomic E-state index is 0.00695. The number of anilines is 1. The normalized spacial score (nSPS) is 18.7. The first kappa shape index (κ1) is 29.8. The number of carbonyl (C=O) groups excluding carboxylic acids is 3. The van der Waals surface area contributed by atoms with E-state index in [1.807, 2.05) is 20.8 Å². The molecule has 2 aliphatic heterocycles. The lowest BCUT2D eigenvalue weighted by Gasteiger charge is -2.24. The highest BCUT2D eigenvalue weighted by atomic mass is 32.1. The van der Waals surface area contributed by atoms with Crippen molar-refractivity contribution < 1.29 is 38.4 Å². The standard InChI is InChI=1S/C32H32N2O8S/c1-6-13-41-31(38)29-18(5)33-32(43-29)34-26(19-9-12-23(39-7-2)24(16-19)40-8-3)25(28(36)30(34)37)27(35)20-10-11-22-21(15-20)14-17(4)42-22/h6,9-12,15-17,26,35H,1,7-8,13-14H2,2-5H3/b27-25+/t17-,26-/m0/s1. The van der Waals surface area contributed by atoms with Gasteiger partial charge in [0.2, 0.25) is 0 Å². The van der Waals surface area contributed by atoms with E-state index in [1.165, 1.54) is 11.0 Å². The van der Waals surface area contributed by atoms with Crippen LogP contribution in [0.15, 0.2) is 54.6 Å². The van der Waals surface area contributed by atoms with Gasteiger partial charge in [-0.05, 0) is 69.2 Å². The van der Waals surface area contributed by atoms with Crippen molar-refractivity contribution in [1.29, 1.82) is 0 Å². The predicted octanol–water partition coefficient (Wildman–Crippen LogP) is 5.54. The Hall–Kier alpha value is -4.64. The summed E-state index contributed by atoms with van der Waals surface area (Å²) in [6.07, 6.45) is 2.08. The number of carbonyl (C=O) groups is 3. The van der Waals surface area contributed by atoms with Crippen molar-refractivity contribution in [3.8, 4) is 17.2 Å². The number of Topliss-reactive ketones (excluding diaryl/α,β-unsaturated/α-hetero) is 1. The number of benzene rings is 2. The van der Waals surface area contributed by atoms with E-state index in [1.54, 1.807) is 43.3 Å². The van der Waals surface area contributed by atoms with Crippen LogP contribution in [0.5, 0.6) is 17.2 Å². The Labute approximate surface area is 253 Å². The van der Waals surface area contributed by atoms with E-state index >= 15 is 0 Å². The number of amides is 1. The summed E-state index contributed by atoms with van der Waals surface area (Å²) in [5.74, 6) is -1.11. The van der Waals surface area contributed by atoms with Crippen molar-refractivity contribution >= 4 is 39.9 Å². The monoisotopic (exact) mass is 604 g/mol. The molecule has 2 atom stereocenters. The van der Waals surface area contributed by atoms with E-state index in [9.17, 15) is 19.5 Å². The van der Waals surface area contributed by atoms with Crippen molar-refractivity contribution in [3.05, 3.63) is 81.9 Å². The number of rotatable bonds is 10. The molecule has 3 aromatic rings. The number of aliphatic hydroxyl groups excluding tert-OH is 1. The highest BCUT2D eigenvalue weighted by Crippen LogP contribution is 2.46. The van der Waals surface area contributed by atoms with Crippen molar-refractivity contribution in [1.82, 2.24) is 4.98 Å². The molecule has 1 amide bonds. The van der Waals surface area contributed by atoms with Gasteiger partial charge in [0.1, 0.15) is 29.1 Å². The number of aromatic nitrogens is 1. The molecule has 5 rings (SSSR count). The zero-order valence-corrected chi connectivity index (χ0v) is 25.2. The number of hydrogen-bond acceptors (Lipinski definition) is 10. The molecule has 0 bridgehead atoms. The molecule has 0 radical (unpaired) electrons. The van der Waals surface area contributed by atoms with E-state index in [4.69, 9.17) is 18.9 Å². The zero-order chi connectivity index (χ0) is 30.8. The molecule has 2 aromatic carbocycles. The first-order valence-corrected chi connectivity index (χ1v) is 14.8. The fraction of sp³-hybridized carbons (Fsp3) is 0.312. The van der Waals surface area contributed by atoms with Crippen molar-refractivity contribution in [2.75, 3.05) is 24.7 Å². The number of esters is 1. The van der Waals surface area contributed by atoms with Gasteiger partial charge in [-0.3, -0.25) is 14.5 Å². The average Bonchev–Trinajstić information content (AvgIpc) is 3.64. The summed E-state index contributed by atoms with van der Waals surface area (Å²) in [7, 11) is 0. The second-order valence-corrected chi connectivity index (χ2v) is 11.0. The first-order chi connectivity index (χ1) is 20.7. The van der Waals surface area contributed by atoms with Crippen LogP contribution in [0.25, 0.3) is 5.76 Å². The number of fused-ring (bicyclic) bond motifs is 1. The maximum atomic E-state index is 13.7. The van der Waals surface area contributed by atoms with Crippen LogP contribution in [-0.2, 0) is 20.7 Å². The Bertz CT molecular complexity index is 1640. The summed E-state index contributed by atoms with van der Waals surface area (Å²) >= 11 is 0.928. The van der Waals surface area contributed by atoms with Crippen LogP contribution in [0.2, 0.25) is 0 Å². The summed E-state index contributed by atoms with van der Waals surface area (Å²) in [5.41, 5.74) is 1.96. The number of aliphatic hydroxyl groups is 1. The van der Waals surface area contributed by atoms with E-state index in [0.717, 1.165) is 16.9 Å². The quantitative estimate of drug-likeness (QED) is 0.104. The molecule has 10 nitrogen and oxygen atoms in total. The van der Waals surface area contributed by atoms with Crippen molar-refractivity contribution in [2.24, 2.45) is 0 Å². The lowest BCUT2D eigenvalue weighted by atomic mass is 9.94. The largest absolute Gasteiger partial charge is 0.507 e. The maximum absolute atomic E-state index is 13.7. The lowest BCUT2D eigenvalue weighted by Crippen LogP contribution is -2.29. The van der Waals surface area contributed by atoms with Crippen LogP contribution in [0.3, 0.4) is 0 Å². The Morgan fingerprint density at radius 2 is 1.91 bits per heavy atom. The summed E-state index contributed by atoms with van der Waals surface area (Å²) in [4.78, 5) is 46.0. The Morgan fingerprint density at radius 1 is 1.16 bits per heavy atom. The first-order valence-electron chi connectivity index (χ1n) is 13.9. The summed E-state index contributed by atoms with van der Waals surface area (Å²) < 4.78 is 22.5. The third-order valence-electron chi connectivity index (χ3n) is 7.01. The third kappa shape index (κ3) is 5.60. The molecule has 0 saturated carbocycles. The summed E-state index contributed by atoms with van der Waals surface area (Å²) in [5, 5.41) is 11.7. The van der Waals surface area contributed by atoms with Crippen molar-refractivity contribution in [2.45, 2.75) is 46.3 Å². The second-order valence-electron chi connectivity index (χ2n) is 9.99. The number of aryl methyl sites for hydroxylation is 1. The van der Waals surface area contributed by atoms with Gasteiger partial charge in [-0.15, -0.1) is 0 Å². The van der Waals surface area contributed by atoms with Crippen LogP contribution < -0.4 is 19.1 Å². The topological polar surface area (TPSA) is 124 Å². The minimum Gasteiger partial charge on any atom is -0.507 e. The molecule has 43 heavy (non-hydrogen) atoms. The van der Waals surface area contributed by atoms with Crippen LogP contribution in [0.1, 0.15) is 58.9 Å². The maximum Gasteiger partial charge on any atom is 0.350 e. The molecule has 0 aliphatic carbocycles. The molecule has 11 heteroatoms. The molecular weight excluding hydrogens is 572 g/mol. The molecule has 3 heterocycles. The Kier molecular flexibility index (Phi) is 8.54. The second kappa shape index (κ2) is 12.3. The van der Waals surface area contributed by atoms with Crippen LogP contribution >= 0.6 is 11.3 Å². The molecule has 224 valence electrons. The van der Waals surface area contributed by atoms with Crippen LogP contribution in [-0.4, -0.2) is 53.7 Å². The van der Waals surface area contributed by atoms with Crippen LogP contribution in [0, 0.1) is 6.92 Å². The van der Waals surface area contributed by atoms with Crippen molar-refractivity contribution in [3.63, 3.8) is 0 Å². The van der Waals surface area contributed by atoms with E-state index in [2.05, 4.69) is 11.6 Å². The van der Waals surface area contributed by atoms with Gasteiger partial charge in [0.25, 0.3) is 5.78 Å².